The molecular weight excluding hydrogens is 533 g/mol. The number of rotatable bonds is 4. The summed E-state index contributed by atoms with van der Waals surface area (Å²) in [5, 5.41) is 8.05. The van der Waals surface area contributed by atoms with Crippen LogP contribution in [0.5, 0.6) is 0 Å². The molecule has 1 unspecified atom stereocenters. The van der Waals surface area contributed by atoms with Crippen LogP contribution in [0.1, 0.15) is 17.5 Å². The van der Waals surface area contributed by atoms with Crippen molar-refractivity contribution < 1.29 is 35.5 Å². The van der Waals surface area contributed by atoms with Gasteiger partial charge in [0.05, 0.1) is 29.3 Å². The Bertz CT molecular complexity index is 1420. The molecule has 194 valence electrons. The number of carbonyl (C=O) groups excluding carboxylic acids is 1. The molecule has 2 aromatic heterocycles. The van der Waals surface area contributed by atoms with E-state index in [2.05, 4.69) is 15.2 Å². The minimum absolute atomic E-state index is 0.0479. The Morgan fingerprint density at radius 2 is 1.73 bits per heavy atom. The van der Waals surface area contributed by atoms with E-state index in [0.29, 0.717) is 16.9 Å². The van der Waals surface area contributed by atoms with Crippen molar-refractivity contribution in [2.75, 3.05) is 11.1 Å². The van der Waals surface area contributed by atoms with E-state index in [1.165, 1.54) is 24.3 Å². The maximum absolute atomic E-state index is 15.8. The number of hydrogen-bond donors (Lipinski definition) is 2. The topological polar surface area (TPSA) is 98.7 Å². The highest BCUT2D eigenvalue weighted by molar-refractivity contribution is 6.34. The first-order chi connectivity index (χ1) is 17.2. The third-order valence-corrected chi connectivity index (χ3v) is 5.79. The summed E-state index contributed by atoms with van der Waals surface area (Å²) in [4.78, 5) is 16.9. The minimum atomic E-state index is -5.09. The number of amides is 1. The summed E-state index contributed by atoms with van der Waals surface area (Å²) < 4.78 is 98.4. The maximum Gasteiger partial charge on any atom is 0.420 e. The normalized spacial score (nSPS) is 18.5. The first kappa shape index (κ1) is 26.1. The Balaban J connectivity index is 1.71. The van der Waals surface area contributed by atoms with Crippen molar-refractivity contribution >= 4 is 34.5 Å². The summed E-state index contributed by atoms with van der Waals surface area (Å²) in [6, 6.07) is 5.90. The monoisotopic (exact) mass is 546 g/mol. The zero-order valence-corrected chi connectivity index (χ0v) is 19.0. The molecule has 0 saturated carbocycles. The molecule has 7 nitrogen and oxygen atoms in total. The zero-order chi connectivity index (χ0) is 27.2. The number of para-hydroxylation sites is 1. The fraction of sp³-hybridized carbons (Fsp3) is 0.182. The van der Waals surface area contributed by atoms with Gasteiger partial charge in [0.15, 0.2) is 5.82 Å². The van der Waals surface area contributed by atoms with E-state index in [4.69, 9.17) is 17.3 Å². The van der Waals surface area contributed by atoms with Gasteiger partial charge in [0.25, 0.3) is 5.91 Å². The SMILES string of the molecule is Nc1ccccc1C1=C(C(F)(F)F)CC(F)(C(=O)Nc2cnc(-n3nccn3)c(C(F)(F)F)c2)C(Cl)=C1. The van der Waals surface area contributed by atoms with Gasteiger partial charge in [0, 0.05) is 23.2 Å². The van der Waals surface area contributed by atoms with Crippen LogP contribution < -0.4 is 11.1 Å². The van der Waals surface area contributed by atoms with E-state index < -0.39 is 63.6 Å². The number of halogens is 8. The third-order valence-electron chi connectivity index (χ3n) is 5.39. The number of nitrogens with zero attached hydrogens (tertiary/aromatic N) is 4. The number of allylic oxidation sites excluding steroid dienone is 3. The van der Waals surface area contributed by atoms with Gasteiger partial charge in [-0.3, -0.25) is 4.79 Å². The quantitative estimate of drug-likeness (QED) is 0.335. The number of hydrogen-bond acceptors (Lipinski definition) is 5. The molecule has 0 spiro atoms. The Morgan fingerprint density at radius 3 is 2.32 bits per heavy atom. The van der Waals surface area contributed by atoms with Crippen molar-refractivity contribution in [3.8, 4) is 5.82 Å². The lowest BCUT2D eigenvalue weighted by molar-refractivity contribution is -0.138. The summed E-state index contributed by atoms with van der Waals surface area (Å²) in [7, 11) is 0. The molecule has 4 rings (SSSR count). The molecule has 15 heteroatoms. The second kappa shape index (κ2) is 9.18. The van der Waals surface area contributed by atoms with Crippen LogP contribution in [0.4, 0.5) is 42.1 Å². The minimum Gasteiger partial charge on any atom is -0.398 e. The van der Waals surface area contributed by atoms with E-state index in [1.807, 2.05) is 5.32 Å². The highest BCUT2D eigenvalue weighted by Gasteiger charge is 2.52. The van der Waals surface area contributed by atoms with Gasteiger partial charge < -0.3 is 11.1 Å². The Hall–Kier alpha value is -3.94. The number of carbonyl (C=O) groups is 1. The Kier molecular flexibility index (Phi) is 6.48. The smallest absolute Gasteiger partial charge is 0.398 e. The Labute approximate surface area is 208 Å². The second-order valence-corrected chi connectivity index (χ2v) is 8.22. The highest BCUT2D eigenvalue weighted by atomic mass is 35.5. The van der Waals surface area contributed by atoms with Crippen molar-refractivity contribution in [3.63, 3.8) is 0 Å². The molecule has 0 fully saturated rings. The highest BCUT2D eigenvalue weighted by Crippen LogP contribution is 2.48. The van der Waals surface area contributed by atoms with Gasteiger partial charge in [0.2, 0.25) is 5.67 Å². The van der Waals surface area contributed by atoms with Crippen LogP contribution in [0.3, 0.4) is 0 Å². The number of anilines is 2. The molecule has 1 atom stereocenters. The van der Waals surface area contributed by atoms with Crippen LogP contribution >= 0.6 is 11.6 Å². The van der Waals surface area contributed by atoms with Gasteiger partial charge in [-0.1, -0.05) is 29.8 Å². The van der Waals surface area contributed by atoms with Gasteiger partial charge in [-0.25, -0.2) is 9.37 Å². The van der Waals surface area contributed by atoms with E-state index in [1.54, 1.807) is 0 Å². The first-order valence-corrected chi connectivity index (χ1v) is 10.6. The Morgan fingerprint density at radius 1 is 1.08 bits per heavy atom. The fourth-order valence-electron chi connectivity index (χ4n) is 3.62. The number of pyridine rings is 1. The van der Waals surface area contributed by atoms with Crippen molar-refractivity contribution in [3.05, 3.63) is 76.7 Å². The van der Waals surface area contributed by atoms with Crippen LogP contribution in [0.25, 0.3) is 11.4 Å². The van der Waals surface area contributed by atoms with Gasteiger partial charge in [0.1, 0.15) is 5.56 Å². The molecular formula is C22H14ClF7N6O. The number of nitrogen functional groups attached to an aromatic ring is 1. The van der Waals surface area contributed by atoms with Crippen molar-refractivity contribution in [2.45, 2.75) is 24.4 Å². The lowest BCUT2D eigenvalue weighted by atomic mass is 9.83. The predicted octanol–water partition coefficient (Wildman–Crippen LogP) is 5.45. The van der Waals surface area contributed by atoms with E-state index in [0.717, 1.165) is 18.6 Å². The van der Waals surface area contributed by atoms with Gasteiger partial charge in [-0.15, -0.1) is 4.80 Å². The second-order valence-electron chi connectivity index (χ2n) is 7.81. The van der Waals surface area contributed by atoms with Crippen LogP contribution in [0.15, 0.2) is 65.6 Å². The largest absolute Gasteiger partial charge is 0.420 e. The molecule has 0 aliphatic heterocycles. The molecule has 1 aromatic carbocycles. The molecule has 0 radical (unpaired) electrons. The molecule has 3 aromatic rings. The summed E-state index contributed by atoms with van der Waals surface area (Å²) >= 11 is 5.96. The number of nitrogens with two attached hydrogens (primary N) is 1. The van der Waals surface area contributed by atoms with Gasteiger partial charge in [-0.05, 0) is 23.8 Å². The van der Waals surface area contributed by atoms with Crippen molar-refractivity contribution in [1.82, 2.24) is 20.0 Å². The fourth-order valence-corrected chi connectivity index (χ4v) is 3.89. The average molecular weight is 547 g/mol. The number of alkyl halides is 7. The zero-order valence-electron chi connectivity index (χ0n) is 18.2. The number of nitrogens with one attached hydrogen (secondary N) is 1. The standard InChI is InChI=1S/C22H14ClF7N6O/c23-17-8-13(12-3-1-2-4-16(12)31)15(22(28,29)30)9-20(17,24)19(37)35-11-7-14(21(25,26)27)18(32-10-11)36-33-5-6-34-36/h1-8,10H,9,31H2,(H,35,37). The van der Waals surface area contributed by atoms with Crippen LogP contribution in [0.2, 0.25) is 0 Å². The van der Waals surface area contributed by atoms with Gasteiger partial charge >= 0.3 is 12.4 Å². The van der Waals surface area contributed by atoms with Gasteiger partial charge in [-0.2, -0.15) is 36.5 Å². The molecule has 0 saturated heterocycles. The van der Waals surface area contributed by atoms with Crippen molar-refractivity contribution in [1.29, 1.82) is 0 Å². The summed E-state index contributed by atoms with van der Waals surface area (Å²) in [6.07, 6.45) is -8.06. The van der Waals surface area contributed by atoms with Crippen LogP contribution in [-0.4, -0.2) is 37.7 Å². The lowest BCUT2D eigenvalue weighted by Crippen LogP contribution is -2.43. The molecule has 37 heavy (non-hydrogen) atoms. The van der Waals surface area contributed by atoms with E-state index in [-0.39, 0.29) is 11.3 Å². The van der Waals surface area contributed by atoms with Crippen LogP contribution in [-0.2, 0) is 11.0 Å². The van der Waals surface area contributed by atoms with E-state index >= 15 is 4.39 Å². The first-order valence-electron chi connectivity index (χ1n) is 10.2. The molecule has 3 N–H and O–H groups in total. The molecule has 0 bridgehead atoms. The molecule has 2 heterocycles. The summed E-state index contributed by atoms with van der Waals surface area (Å²) in [5.41, 5.74) is -1.82. The lowest BCUT2D eigenvalue weighted by Gasteiger charge is -2.31. The predicted molar refractivity (Wildman–Crippen MR) is 119 cm³/mol. The number of aromatic nitrogens is 4. The summed E-state index contributed by atoms with van der Waals surface area (Å²) in [6.45, 7) is 0. The third kappa shape index (κ3) is 5.01. The van der Waals surface area contributed by atoms with Crippen molar-refractivity contribution in [2.24, 2.45) is 0 Å². The molecule has 1 aliphatic carbocycles. The number of benzene rings is 1. The van der Waals surface area contributed by atoms with Crippen LogP contribution in [0, 0.1) is 0 Å². The molecule has 1 amide bonds. The average Bonchev–Trinajstić information content (AvgIpc) is 3.34. The van der Waals surface area contributed by atoms with E-state index in [9.17, 15) is 31.1 Å². The maximum atomic E-state index is 15.8. The summed E-state index contributed by atoms with van der Waals surface area (Å²) in [5.74, 6) is -2.47. The molecule has 1 aliphatic rings.